The lowest BCUT2D eigenvalue weighted by Gasteiger charge is -2.12. The Morgan fingerprint density at radius 1 is 1.53 bits per heavy atom. The lowest BCUT2D eigenvalue weighted by molar-refractivity contribution is 0.237. The molecule has 0 spiro atoms. The predicted octanol–water partition coefficient (Wildman–Crippen LogP) is 0.664. The topological polar surface area (TPSA) is 66.0 Å². The van der Waals surface area contributed by atoms with Crippen molar-refractivity contribution in [2.24, 2.45) is 0 Å². The summed E-state index contributed by atoms with van der Waals surface area (Å²) < 4.78 is 0. The number of nitrogens with zero attached hydrogens (tertiary/aromatic N) is 1. The zero-order chi connectivity index (χ0) is 11.2. The number of amides is 2. The van der Waals surface area contributed by atoms with Gasteiger partial charge < -0.3 is 16.0 Å². The minimum Gasteiger partial charge on any atom is -0.334 e. The van der Waals surface area contributed by atoms with Gasteiger partial charge in [0.25, 0.3) is 0 Å². The van der Waals surface area contributed by atoms with Gasteiger partial charge in [-0.2, -0.15) is 0 Å². The summed E-state index contributed by atoms with van der Waals surface area (Å²) in [5.74, 6) is 0. The van der Waals surface area contributed by atoms with Crippen LogP contribution in [0, 0.1) is 0 Å². The highest BCUT2D eigenvalue weighted by Crippen LogP contribution is 1.97. The van der Waals surface area contributed by atoms with E-state index in [1.54, 1.807) is 6.20 Å². The summed E-state index contributed by atoms with van der Waals surface area (Å²) in [6, 6.07) is 5.77. The molecule has 3 N–H and O–H groups in total. The highest BCUT2D eigenvalue weighted by molar-refractivity contribution is 5.85. The molecule has 1 aromatic rings. The first-order chi connectivity index (χ1) is 7.84. The van der Waals surface area contributed by atoms with E-state index in [2.05, 4.69) is 20.9 Å². The number of hydrogen-bond acceptors (Lipinski definition) is 3. The zero-order valence-corrected chi connectivity index (χ0v) is 10.3. The van der Waals surface area contributed by atoms with Crippen LogP contribution in [0.1, 0.15) is 12.1 Å². The molecule has 1 atom stereocenters. The Kier molecular flexibility index (Phi) is 5.72. The van der Waals surface area contributed by atoms with Crippen LogP contribution in [-0.2, 0) is 6.54 Å². The summed E-state index contributed by atoms with van der Waals surface area (Å²) >= 11 is 0. The van der Waals surface area contributed by atoms with E-state index in [4.69, 9.17) is 0 Å². The second-order valence-corrected chi connectivity index (χ2v) is 3.84. The molecule has 0 radical (unpaired) electrons. The first-order valence-electron chi connectivity index (χ1n) is 5.49. The zero-order valence-electron chi connectivity index (χ0n) is 9.48. The maximum absolute atomic E-state index is 11.5. The van der Waals surface area contributed by atoms with Crippen LogP contribution in [0.5, 0.6) is 0 Å². The fraction of sp³-hybridized carbons (Fsp3) is 0.455. The molecular formula is C11H17ClN4O. The molecule has 5 nitrogen and oxygen atoms in total. The summed E-state index contributed by atoms with van der Waals surface area (Å²) in [4.78, 5) is 15.6. The number of aromatic nitrogens is 1. The number of rotatable bonds is 3. The van der Waals surface area contributed by atoms with E-state index in [0.717, 1.165) is 25.2 Å². The molecule has 2 amide bonds. The number of carbonyl (C=O) groups is 1. The predicted molar refractivity (Wildman–Crippen MR) is 68.1 cm³/mol. The van der Waals surface area contributed by atoms with Crippen molar-refractivity contribution >= 4 is 18.4 Å². The van der Waals surface area contributed by atoms with Crippen molar-refractivity contribution in [3.8, 4) is 0 Å². The Labute approximate surface area is 107 Å². The number of nitrogens with one attached hydrogen (secondary N) is 3. The summed E-state index contributed by atoms with van der Waals surface area (Å²) in [5.41, 5.74) is 0.863. The van der Waals surface area contributed by atoms with Gasteiger partial charge in [-0.25, -0.2) is 4.79 Å². The van der Waals surface area contributed by atoms with E-state index in [1.807, 2.05) is 18.2 Å². The molecule has 0 aliphatic carbocycles. The van der Waals surface area contributed by atoms with Crippen molar-refractivity contribution in [2.45, 2.75) is 19.0 Å². The van der Waals surface area contributed by atoms with Crippen LogP contribution in [0.3, 0.4) is 0 Å². The average Bonchev–Trinajstić information content (AvgIpc) is 2.81. The van der Waals surface area contributed by atoms with Gasteiger partial charge in [-0.3, -0.25) is 4.98 Å². The number of hydrogen-bond donors (Lipinski definition) is 3. The second-order valence-electron chi connectivity index (χ2n) is 3.84. The highest BCUT2D eigenvalue weighted by Gasteiger charge is 2.15. The summed E-state index contributed by atoms with van der Waals surface area (Å²) in [7, 11) is 0. The number of carbonyl (C=O) groups excluding carboxylic acids is 1. The maximum atomic E-state index is 11.5. The van der Waals surface area contributed by atoms with Gasteiger partial charge in [0.2, 0.25) is 0 Å². The van der Waals surface area contributed by atoms with Gasteiger partial charge >= 0.3 is 6.03 Å². The fourth-order valence-electron chi connectivity index (χ4n) is 1.69. The van der Waals surface area contributed by atoms with Crippen molar-refractivity contribution in [2.75, 3.05) is 13.1 Å². The minimum absolute atomic E-state index is 0. The van der Waals surface area contributed by atoms with Crippen molar-refractivity contribution in [3.05, 3.63) is 30.1 Å². The van der Waals surface area contributed by atoms with Crippen LogP contribution in [-0.4, -0.2) is 30.1 Å². The molecule has 6 heteroatoms. The van der Waals surface area contributed by atoms with Crippen LogP contribution in [0.2, 0.25) is 0 Å². The minimum atomic E-state index is -0.126. The van der Waals surface area contributed by atoms with Crippen LogP contribution in [0.4, 0.5) is 4.79 Å². The molecule has 2 rings (SSSR count). The second kappa shape index (κ2) is 7.09. The molecule has 1 aromatic heterocycles. The number of pyridine rings is 1. The van der Waals surface area contributed by atoms with Gasteiger partial charge in [-0.1, -0.05) is 6.07 Å². The number of urea groups is 1. The van der Waals surface area contributed by atoms with Gasteiger partial charge in [0.1, 0.15) is 0 Å². The molecule has 17 heavy (non-hydrogen) atoms. The molecule has 94 valence electrons. The monoisotopic (exact) mass is 256 g/mol. The van der Waals surface area contributed by atoms with Gasteiger partial charge in [0.05, 0.1) is 12.2 Å². The first-order valence-corrected chi connectivity index (χ1v) is 5.49. The molecule has 1 aliphatic heterocycles. The standard InChI is InChI=1S/C11H16N4O.ClH/c16-11(15-10-4-6-12-7-10)14-8-9-3-1-2-5-13-9;/h1-3,5,10,12H,4,6-8H2,(H2,14,15,16);1H/t10-;/m1./s1. The Morgan fingerprint density at radius 2 is 2.41 bits per heavy atom. The van der Waals surface area contributed by atoms with E-state index in [1.165, 1.54) is 0 Å². The Balaban J connectivity index is 0.00000144. The molecule has 0 aromatic carbocycles. The average molecular weight is 257 g/mol. The van der Waals surface area contributed by atoms with Crippen LogP contribution >= 0.6 is 12.4 Å². The normalized spacial score (nSPS) is 18.2. The van der Waals surface area contributed by atoms with Crippen molar-refractivity contribution in [1.29, 1.82) is 0 Å². The molecule has 1 saturated heterocycles. The van der Waals surface area contributed by atoms with Gasteiger partial charge in [-0.05, 0) is 25.1 Å². The summed E-state index contributed by atoms with van der Waals surface area (Å²) in [6.45, 7) is 2.30. The van der Waals surface area contributed by atoms with Crippen LogP contribution in [0.15, 0.2) is 24.4 Å². The lowest BCUT2D eigenvalue weighted by Crippen LogP contribution is -2.42. The SMILES string of the molecule is Cl.O=C(NCc1ccccn1)N[C@@H]1CCNC1. The fourth-order valence-corrected chi connectivity index (χ4v) is 1.69. The van der Waals surface area contributed by atoms with Crippen molar-refractivity contribution in [1.82, 2.24) is 20.9 Å². The van der Waals surface area contributed by atoms with E-state index < -0.39 is 0 Å². The van der Waals surface area contributed by atoms with Crippen LogP contribution < -0.4 is 16.0 Å². The van der Waals surface area contributed by atoms with E-state index in [0.29, 0.717) is 6.54 Å². The molecule has 1 fully saturated rings. The first kappa shape index (κ1) is 13.7. The van der Waals surface area contributed by atoms with Gasteiger partial charge in [0.15, 0.2) is 0 Å². The Hall–Kier alpha value is -1.33. The van der Waals surface area contributed by atoms with E-state index >= 15 is 0 Å². The summed E-state index contributed by atoms with van der Waals surface area (Å²) in [5, 5.41) is 8.89. The molecule has 0 unspecified atom stereocenters. The third-order valence-corrected chi connectivity index (χ3v) is 2.55. The molecular weight excluding hydrogens is 240 g/mol. The van der Waals surface area contributed by atoms with E-state index in [-0.39, 0.29) is 24.5 Å². The third kappa shape index (κ3) is 4.58. The van der Waals surface area contributed by atoms with Crippen LogP contribution in [0.25, 0.3) is 0 Å². The highest BCUT2D eigenvalue weighted by atomic mass is 35.5. The molecule has 0 saturated carbocycles. The Bertz CT molecular complexity index is 341. The maximum Gasteiger partial charge on any atom is 0.315 e. The number of halogens is 1. The molecule has 0 bridgehead atoms. The Morgan fingerprint density at radius 3 is 3.06 bits per heavy atom. The molecule has 2 heterocycles. The van der Waals surface area contributed by atoms with Crippen molar-refractivity contribution in [3.63, 3.8) is 0 Å². The molecule has 1 aliphatic rings. The van der Waals surface area contributed by atoms with Gasteiger partial charge in [-0.15, -0.1) is 12.4 Å². The largest absolute Gasteiger partial charge is 0.334 e. The van der Waals surface area contributed by atoms with E-state index in [9.17, 15) is 4.79 Å². The van der Waals surface area contributed by atoms with Gasteiger partial charge in [0, 0.05) is 18.8 Å². The quantitative estimate of drug-likeness (QED) is 0.745. The summed E-state index contributed by atoms with van der Waals surface area (Å²) in [6.07, 6.45) is 2.72. The lowest BCUT2D eigenvalue weighted by atomic mass is 10.3. The third-order valence-electron chi connectivity index (χ3n) is 2.55. The van der Waals surface area contributed by atoms with Crippen molar-refractivity contribution < 1.29 is 4.79 Å². The smallest absolute Gasteiger partial charge is 0.315 e.